The number of carbonyl (C=O) groups excluding carboxylic acids is 4. The Hall–Kier alpha value is -3.72. The summed E-state index contributed by atoms with van der Waals surface area (Å²) >= 11 is 0. The number of ether oxygens (including phenoxy) is 1. The summed E-state index contributed by atoms with van der Waals surface area (Å²) in [6, 6.07) is 14.1. The van der Waals surface area contributed by atoms with E-state index in [1.54, 1.807) is 23.1 Å². The maximum absolute atomic E-state index is 13.0. The van der Waals surface area contributed by atoms with Gasteiger partial charge in [-0.1, -0.05) is 30.3 Å². The largest absolute Gasteiger partial charge is 0.367 e. The van der Waals surface area contributed by atoms with Crippen LogP contribution in [0.25, 0.3) is 0 Å². The van der Waals surface area contributed by atoms with E-state index in [9.17, 15) is 19.2 Å². The maximum atomic E-state index is 13.0. The summed E-state index contributed by atoms with van der Waals surface area (Å²) < 4.78 is 6.02. The van der Waals surface area contributed by atoms with Gasteiger partial charge in [0.05, 0.1) is 13.2 Å². The Balaban J connectivity index is 1.27. The fourth-order valence-electron chi connectivity index (χ4n) is 4.86. The highest BCUT2D eigenvalue weighted by molar-refractivity contribution is 6.05. The van der Waals surface area contributed by atoms with Gasteiger partial charge in [0.25, 0.3) is 5.91 Å². The Morgan fingerprint density at radius 2 is 1.94 bits per heavy atom. The summed E-state index contributed by atoms with van der Waals surface area (Å²) in [7, 11) is 0. The molecule has 2 N–H and O–H groups in total. The van der Waals surface area contributed by atoms with Gasteiger partial charge in [-0.3, -0.25) is 19.7 Å². The molecule has 9 heteroatoms. The van der Waals surface area contributed by atoms with Gasteiger partial charge in [-0.15, -0.1) is 0 Å². The molecule has 0 aliphatic carbocycles. The lowest BCUT2D eigenvalue weighted by Crippen LogP contribution is -2.52. The molecule has 2 unspecified atom stereocenters. The molecule has 2 fully saturated rings. The minimum absolute atomic E-state index is 0.208. The fourth-order valence-corrected chi connectivity index (χ4v) is 4.86. The van der Waals surface area contributed by atoms with Gasteiger partial charge in [0.2, 0.25) is 11.8 Å². The number of urea groups is 1. The van der Waals surface area contributed by atoms with Gasteiger partial charge >= 0.3 is 6.03 Å². The molecule has 2 atom stereocenters. The second-order valence-electron chi connectivity index (χ2n) is 9.07. The molecule has 5 amide bonds. The zero-order valence-electron chi connectivity index (χ0n) is 18.9. The van der Waals surface area contributed by atoms with E-state index in [1.165, 1.54) is 4.90 Å². The molecule has 34 heavy (non-hydrogen) atoms. The van der Waals surface area contributed by atoms with Crippen LogP contribution in [0.1, 0.15) is 41.3 Å². The number of fused-ring (bicyclic) bond motifs is 1. The first-order chi connectivity index (χ1) is 16.3. The number of benzene rings is 2. The van der Waals surface area contributed by atoms with Gasteiger partial charge in [-0.25, -0.2) is 4.79 Å². The topological polar surface area (TPSA) is 108 Å². The molecule has 0 radical (unpaired) electrons. The second kappa shape index (κ2) is 8.57. The second-order valence-corrected chi connectivity index (χ2v) is 9.07. The van der Waals surface area contributed by atoms with Crippen molar-refractivity contribution in [3.63, 3.8) is 0 Å². The summed E-state index contributed by atoms with van der Waals surface area (Å²) in [6.07, 6.45) is 0.518. The summed E-state index contributed by atoms with van der Waals surface area (Å²) in [5.41, 5.74) is 2.24. The maximum Gasteiger partial charge on any atom is 0.322 e. The van der Waals surface area contributed by atoms with Gasteiger partial charge in [0, 0.05) is 30.8 Å². The van der Waals surface area contributed by atoms with Crippen LogP contribution in [0, 0.1) is 0 Å². The Labute approximate surface area is 197 Å². The van der Waals surface area contributed by atoms with Gasteiger partial charge in [0.15, 0.2) is 0 Å². The van der Waals surface area contributed by atoms with Crippen LogP contribution in [0.5, 0.6) is 0 Å². The average Bonchev–Trinajstić information content (AvgIpc) is 3.15. The summed E-state index contributed by atoms with van der Waals surface area (Å²) in [5, 5.41) is 5.23. The first-order valence-electron chi connectivity index (χ1n) is 11.4. The number of amides is 5. The zero-order valence-corrected chi connectivity index (χ0v) is 18.9. The minimum Gasteiger partial charge on any atom is -0.367 e. The Morgan fingerprint density at radius 1 is 1.15 bits per heavy atom. The summed E-state index contributed by atoms with van der Waals surface area (Å²) in [6.45, 7) is 3.55. The Morgan fingerprint density at radius 3 is 2.71 bits per heavy atom. The van der Waals surface area contributed by atoms with Crippen LogP contribution in [-0.4, -0.2) is 59.3 Å². The lowest BCUT2D eigenvalue weighted by molar-refractivity contribution is -0.136. The number of piperidine rings is 1. The van der Waals surface area contributed by atoms with E-state index in [2.05, 4.69) is 10.6 Å². The van der Waals surface area contributed by atoms with Crippen LogP contribution in [-0.2, 0) is 26.5 Å². The molecular formula is C25H26N4O5. The van der Waals surface area contributed by atoms with Gasteiger partial charge in [-0.05, 0) is 42.7 Å². The van der Waals surface area contributed by atoms with E-state index < -0.39 is 17.6 Å². The number of morpholine rings is 1. The standard InChI is InChI=1S/C25H26N4O5/c1-25(17-5-3-2-4-6-17)15-28(11-12-34-25)24(33)26-18-7-8-19-16(13-18)14-29(23(19)32)20-9-10-21(30)27-22(20)31/h2-8,13,20H,9-12,14-15H2,1H3,(H,26,33)(H,27,30,31). The predicted octanol–water partition coefficient (Wildman–Crippen LogP) is 2.23. The van der Waals surface area contributed by atoms with Crippen molar-refractivity contribution in [2.75, 3.05) is 25.0 Å². The lowest BCUT2D eigenvalue weighted by Gasteiger charge is -2.40. The van der Waals surface area contributed by atoms with E-state index >= 15 is 0 Å². The molecule has 2 aromatic rings. The molecule has 5 rings (SSSR count). The van der Waals surface area contributed by atoms with Crippen LogP contribution in [0.4, 0.5) is 10.5 Å². The van der Waals surface area contributed by atoms with Crippen LogP contribution in [0.3, 0.4) is 0 Å². The van der Waals surface area contributed by atoms with Crippen molar-refractivity contribution in [2.24, 2.45) is 0 Å². The van der Waals surface area contributed by atoms with Crippen molar-refractivity contribution < 1.29 is 23.9 Å². The first kappa shape index (κ1) is 22.1. The molecule has 0 aromatic heterocycles. The molecule has 3 aliphatic heterocycles. The average molecular weight is 463 g/mol. The number of nitrogens with zero attached hydrogens (tertiary/aromatic N) is 2. The van der Waals surface area contributed by atoms with Crippen LogP contribution >= 0.6 is 0 Å². The van der Waals surface area contributed by atoms with E-state index in [0.717, 1.165) is 11.1 Å². The Bertz CT molecular complexity index is 1170. The van der Waals surface area contributed by atoms with Crippen molar-refractivity contribution in [1.82, 2.24) is 15.1 Å². The van der Waals surface area contributed by atoms with E-state index in [1.807, 2.05) is 37.3 Å². The van der Waals surface area contributed by atoms with E-state index in [-0.39, 0.29) is 30.8 Å². The van der Waals surface area contributed by atoms with Crippen molar-refractivity contribution >= 4 is 29.4 Å². The molecule has 176 valence electrons. The highest BCUT2D eigenvalue weighted by Gasteiger charge is 2.39. The van der Waals surface area contributed by atoms with Crippen LogP contribution in [0.15, 0.2) is 48.5 Å². The molecule has 0 spiro atoms. The quantitative estimate of drug-likeness (QED) is 0.680. The van der Waals surface area contributed by atoms with Gasteiger partial charge in [-0.2, -0.15) is 0 Å². The highest BCUT2D eigenvalue weighted by Crippen LogP contribution is 2.31. The number of imide groups is 1. The molecule has 3 aliphatic rings. The molecule has 2 saturated heterocycles. The predicted molar refractivity (Wildman–Crippen MR) is 123 cm³/mol. The number of carbonyl (C=O) groups is 4. The third-order valence-electron chi connectivity index (χ3n) is 6.72. The van der Waals surface area contributed by atoms with Crippen molar-refractivity contribution in [3.8, 4) is 0 Å². The van der Waals surface area contributed by atoms with Gasteiger partial charge < -0.3 is 19.9 Å². The molecule has 2 aromatic carbocycles. The molecular weight excluding hydrogens is 436 g/mol. The summed E-state index contributed by atoms with van der Waals surface area (Å²) in [4.78, 5) is 52.8. The number of rotatable bonds is 3. The molecule has 0 saturated carbocycles. The first-order valence-corrected chi connectivity index (χ1v) is 11.4. The summed E-state index contributed by atoms with van der Waals surface area (Å²) in [5.74, 6) is -1.00. The zero-order chi connectivity index (χ0) is 23.9. The third kappa shape index (κ3) is 4.03. The molecule has 3 heterocycles. The Kier molecular flexibility index (Phi) is 5.57. The van der Waals surface area contributed by atoms with Crippen molar-refractivity contribution in [1.29, 1.82) is 0 Å². The monoisotopic (exact) mass is 462 g/mol. The SMILES string of the molecule is CC1(c2ccccc2)CN(C(=O)Nc2ccc3c(c2)CN(C2CCC(=O)NC2=O)C3=O)CCO1. The van der Waals surface area contributed by atoms with Crippen molar-refractivity contribution in [3.05, 3.63) is 65.2 Å². The number of hydrogen-bond donors (Lipinski definition) is 2. The van der Waals surface area contributed by atoms with Crippen molar-refractivity contribution in [2.45, 2.75) is 38.0 Å². The van der Waals surface area contributed by atoms with E-state index in [4.69, 9.17) is 4.74 Å². The lowest BCUT2D eigenvalue weighted by atomic mass is 9.94. The number of nitrogens with one attached hydrogen (secondary N) is 2. The molecule has 9 nitrogen and oxygen atoms in total. The third-order valence-corrected chi connectivity index (χ3v) is 6.72. The van der Waals surface area contributed by atoms with Crippen LogP contribution < -0.4 is 10.6 Å². The number of anilines is 1. The normalized spacial score (nSPS) is 24.6. The fraction of sp³-hybridized carbons (Fsp3) is 0.360. The van der Waals surface area contributed by atoms with E-state index in [0.29, 0.717) is 37.4 Å². The number of hydrogen-bond acceptors (Lipinski definition) is 5. The highest BCUT2D eigenvalue weighted by atomic mass is 16.5. The van der Waals surface area contributed by atoms with Crippen LogP contribution in [0.2, 0.25) is 0 Å². The van der Waals surface area contributed by atoms with Gasteiger partial charge in [0.1, 0.15) is 11.6 Å². The minimum atomic E-state index is -0.667. The molecule has 0 bridgehead atoms. The smallest absolute Gasteiger partial charge is 0.322 e.